The molecule has 0 saturated heterocycles. The summed E-state index contributed by atoms with van der Waals surface area (Å²) in [7, 11) is 1.57. The van der Waals surface area contributed by atoms with Gasteiger partial charge in [-0.25, -0.2) is 0 Å². The van der Waals surface area contributed by atoms with E-state index in [2.05, 4.69) is 24.7 Å². The van der Waals surface area contributed by atoms with Gasteiger partial charge in [0.05, 0.1) is 13.7 Å². The summed E-state index contributed by atoms with van der Waals surface area (Å²) in [5, 5.41) is 0. The first-order valence-corrected chi connectivity index (χ1v) is 8.57. The van der Waals surface area contributed by atoms with Crippen LogP contribution >= 0.6 is 0 Å². The van der Waals surface area contributed by atoms with E-state index in [0.29, 0.717) is 35.3 Å². The molecule has 2 rings (SSSR count). The van der Waals surface area contributed by atoms with Crippen LogP contribution in [0.1, 0.15) is 24.2 Å². The highest BCUT2D eigenvalue weighted by atomic mass is 16.5. The van der Waals surface area contributed by atoms with Crippen LogP contribution in [0, 0.1) is 5.92 Å². The quantitative estimate of drug-likeness (QED) is 0.696. The lowest BCUT2D eigenvalue weighted by molar-refractivity contribution is -0.123. The van der Waals surface area contributed by atoms with E-state index in [9.17, 15) is 9.59 Å². The number of amides is 2. The van der Waals surface area contributed by atoms with Crippen molar-refractivity contribution in [2.75, 3.05) is 20.3 Å². The summed E-state index contributed by atoms with van der Waals surface area (Å²) in [6, 6.07) is 13.5. The number of hydrazine groups is 1. The Hall–Kier alpha value is -3.22. The molecule has 0 atom stereocenters. The van der Waals surface area contributed by atoms with Gasteiger partial charge in [-0.3, -0.25) is 20.4 Å². The fraction of sp³-hybridized carbons (Fsp3) is 0.300. The van der Waals surface area contributed by atoms with Gasteiger partial charge in [-0.15, -0.1) is 0 Å². The van der Waals surface area contributed by atoms with Crippen molar-refractivity contribution in [3.05, 3.63) is 54.1 Å². The Bertz CT molecular complexity index is 742. The predicted octanol–water partition coefficient (Wildman–Crippen LogP) is 2.57. The second-order valence-corrected chi connectivity index (χ2v) is 6.20. The number of nitrogens with one attached hydrogen (secondary N) is 2. The van der Waals surface area contributed by atoms with Crippen LogP contribution in [-0.4, -0.2) is 32.1 Å². The molecule has 0 radical (unpaired) electrons. The van der Waals surface area contributed by atoms with Crippen LogP contribution in [0.2, 0.25) is 0 Å². The van der Waals surface area contributed by atoms with E-state index in [1.54, 1.807) is 55.6 Å². The lowest BCUT2D eigenvalue weighted by Gasteiger charge is -2.10. The molecule has 0 aromatic heterocycles. The van der Waals surface area contributed by atoms with Crippen LogP contribution < -0.4 is 25.1 Å². The molecule has 0 unspecified atom stereocenters. The zero-order valence-corrected chi connectivity index (χ0v) is 15.7. The maximum absolute atomic E-state index is 12.0. The van der Waals surface area contributed by atoms with Gasteiger partial charge in [0.15, 0.2) is 6.61 Å². The van der Waals surface area contributed by atoms with Gasteiger partial charge in [-0.05, 0) is 54.4 Å². The predicted molar refractivity (Wildman–Crippen MR) is 101 cm³/mol. The molecule has 0 aliphatic carbocycles. The van der Waals surface area contributed by atoms with Crippen LogP contribution in [0.15, 0.2) is 48.5 Å². The Kier molecular flexibility index (Phi) is 7.49. The van der Waals surface area contributed by atoms with E-state index in [-0.39, 0.29) is 6.61 Å². The van der Waals surface area contributed by atoms with Crippen molar-refractivity contribution >= 4 is 11.8 Å². The Morgan fingerprint density at radius 2 is 1.41 bits per heavy atom. The monoisotopic (exact) mass is 372 g/mol. The average molecular weight is 372 g/mol. The Labute approximate surface area is 158 Å². The molecule has 144 valence electrons. The molecule has 0 heterocycles. The minimum absolute atomic E-state index is 0.228. The number of hydrogen-bond acceptors (Lipinski definition) is 5. The molecule has 0 aliphatic rings. The number of ether oxygens (including phenoxy) is 3. The number of carbonyl (C=O) groups excluding carboxylic acids is 2. The topological polar surface area (TPSA) is 85.9 Å². The Morgan fingerprint density at radius 3 is 2.00 bits per heavy atom. The summed E-state index contributed by atoms with van der Waals surface area (Å²) in [6.07, 6.45) is 0. The van der Waals surface area contributed by atoms with Gasteiger partial charge >= 0.3 is 0 Å². The molecule has 0 bridgehead atoms. The van der Waals surface area contributed by atoms with Crippen molar-refractivity contribution in [1.82, 2.24) is 10.9 Å². The minimum Gasteiger partial charge on any atom is -0.497 e. The lowest BCUT2D eigenvalue weighted by Crippen LogP contribution is -2.43. The van der Waals surface area contributed by atoms with Gasteiger partial charge in [0.1, 0.15) is 17.2 Å². The first-order valence-electron chi connectivity index (χ1n) is 8.57. The second kappa shape index (κ2) is 10.1. The Morgan fingerprint density at radius 1 is 0.852 bits per heavy atom. The van der Waals surface area contributed by atoms with Gasteiger partial charge in [0, 0.05) is 5.56 Å². The highest BCUT2D eigenvalue weighted by molar-refractivity contribution is 5.95. The molecular formula is C20H24N2O5. The van der Waals surface area contributed by atoms with Crippen molar-refractivity contribution in [1.29, 1.82) is 0 Å². The zero-order valence-electron chi connectivity index (χ0n) is 15.7. The first kappa shape index (κ1) is 20.1. The third-order valence-electron chi connectivity index (χ3n) is 3.44. The summed E-state index contributed by atoms with van der Waals surface area (Å²) in [4.78, 5) is 23.8. The summed E-state index contributed by atoms with van der Waals surface area (Å²) >= 11 is 0. The first-order chi connectivity index (χ1) is 13.0. The molecule has 7 heteroatoms. The average Bonchev–Trinajstić information content (AvgIpc) is 2.69. The van der Waals surface area contributed by atoms with Crippen LogP contribution in [-0.2, 0) is 4.79 Å². The van der Waals surface area contributed by atoms with E-state index in [0.717, 1.165) is 0 Å². The summed E-state index contributed by atoms with van der Waals surface area (Å²) in [6.45, 7) is 4.50. The highest BCUT2D eigenvalue weighted by Crippen LogP contribution is 2.16. The molecule has 2 N–H and O–H groups in total. The summed E-state index contributed by atoms with van der Waals surface area (Å²) in [5.74, 6) is 1.42. The summed E-state index contributed by atoms with van der Waals surface area (Å²) < 4.78 is 15.9. The standard InChI is InChI=1S/C20H24N2O5/c1-14(2)12-26-17-6-4-15(5-7-17)20(24)22-21-19(23)13-27-18-10-8-16(25-3)9-11-18/h4-11,14H,12-13H2,1-3H3,(H,21,23)(H,22,24). The molecule has 7 nitrogen and oxygen atoms in total. The van der Waals surface area contributed by atoms with Crippen molar-refractivity contribution in [2.45, 2.75) is 13.8 Å². The number of benzene rings is 2. The van der Waals surface area contributed by atoms with E-state index in [1.165, 1.54) is 0 Å². The van der Waals surface area contributed by atoms with Gasteiger partial charge in [0.25, 0.3) is 11.8 Å². The van der Waals surface area contributed by atoms with Gasteiger partial charge in [-0.2, -0.15) is 0 Å². The van der Waals surface area contributed by atoms with Crippen LogP contribution in [0.25, 0.3) is 0 Å². The van der Waals surface area contributed by atoms with Gasteiger partial charge in [0.2, 0.25) is 0 Å². The normalized spacial score (nSPS) is 10.2. The number of carbonyl (C=O) groups is 2. The largest absolute Gasteiger partial charge is 0.497 e. The van der Waals surface area contributed by atoms with E-state index < -0.39 is 11.8 Å². The molecule has 0 aliphatic heterocycles. The third kappa shape index (κ3) is 6.89. The van der Waals surface area contributed by atoms with Crippen molar-refractivity contribution < 1.29 is 23.8 Å². The highest BCUT2D eigenvalue weighted by Gasteiger charge is 2.08. The smallest absolute Gasteiger partial charge is 0.276 e. The molecule has 2 aromatic carbocycles. The van der Waals surface area contributed by atoms with Crippen LogP contribution in [0.3, 0.4) is 0 Å². The second-order valence-electron chi connectivity index (χ2n) is 6.20. The van der Waals surface area contributed by atoms with Gasteiger partial charge in [-0.1, -0.05) is 13.8 Å². The van der Waals surface area contributed by atoms with E-state index >= 15 is 0 Å². The molecule has 27 heavy (non-hydrogen) atoms. The molecule has 2 aromatic rings. The number of rotatable bonds is 8. The minimum atomic E-state index is -0.476. The fourth-order valence-corrected chi connectivity index (χ4v) is 2.02. The molecule has 0 saturated carbocycles. The van der Waals surface area contributed by atoms with E-state index in [4.69, 9.17) is 14.2 Å². The van der Waals surface area contributed by atoms with Gasteiger partial charge < -0.3 is 14.2 Å². The van der Waals surface area contributed by atoms with E-state index in [1.807, 2.05) is 0 Å². The van der Waals surface area contributed by atoms with Crippen LogP contribution in [0.5, 0.6) is 17.2 Å². The lowest BCUT2D eigenvalue weighted by atomic mass is 10.2. The van der Waals surface area contributed by atoms with Crippen molar-refractivity contribution in [3.63, 3.8) is 0 Å². The number of hydrogen-bond donors (Lipinski definition) is 2. The maximum atomic E-state index is 12.0. The zero-order chi connectivity index (χ0) is 19.6. The fourth-order valence-electron chi connectivity index (χ4n) is 2.02. The van der Waals surface area contributed by atoms with Crippen LogP contribution in [0.4, 0.5) is 0 Å². The molecule has 2 amide bonds. The number of methoxy groups -OCH3 is 1. The van der Waals surface area contributed by atoms with Crippen molar-refractivity contribution in [3.8, 4) is 17.2 Å². The maximum Gasteiger partial charge on any atom is 0.276 e. The third-order valence-corrected chi connectivity index (χ3v) is 3.44. The SMILES string of the molecule is COc1ccc(OCC(=O)NNC(=O)c2ccc(OCC(C)C)cc2)cc1. The van der Waals surface area contributed by atoms with Crippen molar-refractivity contribution in [2.24, 2.45) is 5.92 Å². The molecule has 0 spiro atoms. The Balaban J connectivity index is 1.74. The molecular weight excluding hydrogens is 348 g/mol. The summed E-state index contributed by atoms with van der Waals surface area (Å²) in [5.41, 5.74) is 5.06. The molecule has 0 fully saturated rings.